The van der Waals surface area contributed by atoms with E-state index in [1.54, 1.807) is 13.8 Å². The fraction of sp³-hybridized carbons (Fsp3) is 0.600. The maximum absolute atomic E-state index is 11.0. The standard InChI is InChI=1S/C10H16O4/c1-4-13-9(11)7-6-8(3)10(12)14-5-2/h3-7H2,1-2H3. The SMILES string of the molecule is C=C(CCC(=O)OCC)C(=O)OCC. The van der Waals surface area contributed by atoms with Crippen LogP contribution in [0.2, 0.25) is 0 Å². The summed E-state index contributed by atoms with van der Waals surface area (Å²) >= 11 is 0. The summed E-state index contributed by atoms with van der Waals surface area (Å²) in [6.07, 6.45) is 0.461. The number of carbonyl (C=O) groups excluding carboxylic acids is 2. The molecule has 0 aromatic heterocycles. The van der Waals surface area contributed by atoms with Gasteiger partial charge in [0.05, 0.1) is 13.2 Å². The van der Waals surface area contributed by atoms with Gasteiger partial charge in [-0.2, -0.15) is 0 Å². The van der Waals surface area contributed by atoms with Gasteiger partial charge in [0.15, 0.2) is 0 Å². The van der Waals surface area contributed by atoms with Crippen LogP contribution in [0.15, 0.2) is 12.2 Å². The topological polar surface area (TPSA) is 52.6 Å². The quantitative estimate of drug-likeness (QED) is 0.481. The van der Waals surface area contributed by atoms with Gasteiger partial charge >= 0.3 is 11.9 Å². The molecule has 0 amide bonds. The largest absolute Gasteiger partial charge is 0.466 e. The third-order valence-corrected chi connectivity index (χ3v) is 1.50. The molecule has 0 unspecified atom stereocenters. The van der Waals surface area contributed by atoms with E-state index in [4.69, 9.17) is 9.47 Å². The first kappa shape index (κ1) is 12.7. The minimum absolute atomic E-state index is 0.172. The lowest BCUT2D eigenvalue weighted by molar-refractivity contribution is -0.143. The average molecular weight is 200 g/mol. The Morgan fingerprint density at radius 2 is 1.64 bits per heavy atom. The van der Waals surface area contributed by atoms with Crippen molar-refractivity contribution in [3.63, 3.8) is 0 Å². The van der Waals surface area contributed by atoms with Crippen molar-refractivity contribution < 1.29 is 19.1 Å². The predicted octanol–water partition coefficient (Wildman–Crippen LogP) is 1.45. The Morgan fingerprint density at radius 1 is 1.07 bits per heavy atom. The molecule has 0 atom stereocenters. The molecule has 0 heterocycles. The first-order chi connectivity index (χ1) is 6.61. The van der Waals surface area contributed by atoms with E-state index in [0.29, 0.717) is 18.8 Å². The van der Waals surface area contributed by atoms with E-state index in [-0.39, 0.29) is 18.8 Å². The molecule has 0 N–H and O–H groups in total. The van der Waals surface area contributed by atoms with Gasteiger partial charge in [-0.3, -0.25) is 4.79 Å². The maximum Gasteiger partial charge on any atom is 0.333 e. The fourth-order valence-electron chi connectivity index (χ4n) is 0.821. The summed E-state index contributed by atoms with van der Waals surface area (Å²) in [5, 5.41) is 0. The summed E-state index contributed by atoms with van der Waals surface area (Å²) in [5.41, 5.74) is 0.305. The number of rotatable bonds is 6. The Labute approximate surface area is 83.9 Å². The lowest BCUT2D eigenvalue weighted by atomic mass is 10.2. The van der Waals surface area contributed by atoms with Crippen molar-refractivity contribution in [3.05, 3.63) is 12.2 Å². The van der Waals surface area contributed by atoms with Crippen LogP contribution in [0, 0.1) is 0 Å². The molecule has 0 saturated heterocycles. The van der Waals surface area contributed by atoms with Crippen LogP contribution in [0.1, 0.15) is 26.7 Å². The van der Waals surface area contributed by atoms with Crippen molar-refractivity contribution in [1.29, 1.82) is 0 Å². The Kier molecular flexibility index (Phi) is 6.45. The van der Waals surface area contributed by atoms with Crippen molar-refractivity contribution >= 4 is 11.9 Å². The molecule has 0 radical (unpaired) electrons. The van der Waals surface area contributed by atoms with E-state index in [2.05, 4.69) is 6.58 Å². The minimum atomic E-state index is -0.447. The zero-order chi connectivity index (χ0) is 11.0. The van der Waals surface area contributed by atoms with E-state index in [1.807, 2.05) is 0 Å². The van der Waals surface area contributed by atoms with Crippen molar-refractivity contribution in [1.82, 2.24) is 0 Å². The van der Waals surface area contributed by atoms with Gasteiger partial charge in [0, 0.05) is 12.0 Å². The monoisotopic (exact) mass is 200 g/mol. The Hall–Kier alpha value is -1.32. The first-order valence-electron chi connectivity index (χ1n) is 4.62. The number of hydrogen-bond donors (Lipinski definition) is 0. The third-order valence-electron chi connectivity index (χ3n) is 1.50. The number of ether oxygens (including phenoxy) is 2. The number of carbonyl (C=O) groups is 2. The van der Waals surface area contributed by atoms with Crippen molar-refractivity contribution in [2.24, 2.45) is 0 Å². The van der Waals surface area contributed by atoms with E-state index in [1.165, 1.54) is 0 Å². The lowest BCUT2D eigenvalue weighted by Gasteiger charge is -2.04. The van der Waals surface area contributed by atoms with E-state index < -0.39 is 5.97 Å². The van der Waals surface area contributed by atoms with Crippen LogP contribution >= 0.6 is 0 Å². The van der Waals surface area contributed by atoms with Crippen LogP contribution in [-0.4, -0.2) is 25.2 Å². The molecule has 0 fully saturated rings. The molecule has 0 rings (SSSR count). The van der Waals surface area contributed by atoms with Crippen LogP contribution in [0.5, 0.6) is 0 Å². The van der Waals surface area contributed by atoms with Crippen LogP contribution < -0.4 is 0 Å². The molecule has 0 aromatic rings. The highest BCUT2D eigenvalue weighted by Crippen LogP contribution is 2.05. The summed E-state index contributed by atoms with van der Waals surface area (Å²) in [6.45, 7) is 7.64. The van der Waals surface area contributed by atoms with Crippen molar-refractivity contribution in [3.8, 4) is 0 Å². The molecule has 4 heteroatoms. The molecule has 4 nitrogen and oxygen atoms in total. The molecular formula is C10H16O4. The van der Waals surface area contributed by atoms with E-state index in [9.17, 15) is 9.59 Å². The molecular weight excluding hydrogens is 184 g/mol. The molecule has 14 heavy (non-hydrogen) atoms. The summed E-state index contributed by atoms with van der Waals surface area (Å²) in [7, 11) is 0. The molecule has 0 aliphatic heterocycles. The second-order valence-electron chi connectivity index (χ2n) is 2.63. The summed E-state index contributed by atoms with van der Waals surface area (Å²) in [5.74, 6) is -0.769. The minimum Gasteiger partial charge on any atom is -0.466 e. The smallest absolute Gasteiger partial charge is 0.333 e. The maximum atomic E-state index is 11.0. The highest BCUT2D eigenvalue weighted by Gasteiger charge is 2.10. The Bertz CT molecular complexity index is 220. The van der Waals surface area contributed by atoms with Crippen molar-refractivity contribution in [2.45, 2.75) is 26.7 Å². The highest BCUT2D eigenvalue weighted by molar-refractivity contribution is 5.88. The van der Waals surface area contributed by atoms with Crippen LogP contribution in [-0.2, 0) is 19.1 Å². The number of esters is 2. The number of hydrogen-bond acceptors (Lipinski definition) is 4. The molecule has 0 bridgehead atoms. The van der Waals surface area contributed by atoms with Gasteiger partial charge in [-0.1, -0.05) is 6.58 Å². The molecule has 0 aromatic carbocycles. The van der Waals surface area contributed by atoms with Gasteiger partial charge in [0.2, 0.25) is 0 Å². The first-order valence-corrected chi connectivity index (χ1v) is 4.62. The Balaban J connectivity index is 3.73. The predicted molar refractivity (Wildman–Crippen MR) is 51.6 cm³/mol. The summed E-state index contributed by atoms with van der Waals surface area (Å²) in [6, 6.07) is 0. The van der Waals surface area contributed by atoms with Crippen LogP contribution in [0.4, 0.5) is 0 Å². The van der Waals surface area contributed by atoms with Gasteiger partial charge in [0.1, 0.15) is 0 Å². The van der Waals surface area contributed by atoms with Gasteiger partial charge in [-0.15, -0.1) is 0 Å². The van der Waals surface area contributed by atoms with Gasteiger partial charge in [-0.05, 0) is 20.3 Å². The van der Waals surface area contributed by atoms with Gasteiger partial charge < -0.3 is 9.47 Å². The molecule has 0 aliphatic rings. The average Bonchev–Trinajstić information content (AvgIpc) is 2.15. The van der Waals surface area contributed by atoms with Gasteiger partial charge in [0.25, 0.3) is 0 Å². The van der Waals surface area contributed by atoms with E-state index >= 15 is 0 Å². The van der Waals surface area contributed by atoms with E-state index in [0.717, 1.165) is 0 Å². The lowest BCUT2D eigenvalue weighted by Crippen LogP contribution is -2.10. The van der Waals surface area contributed by atoms with Crippen LogP contribution in [0.25, 0.3) is 0 Å². The second kappa shape index (κ2) is 7.12. The Morgan fingerprint density at radius 3 is 2.14 bits per heavy atom. The zero-order valence-corrected chi connectivity index (χ0v) is 8.67. The van der Waals surface area contributed by atoms with Crippen molar-refractivity contribution in [2.75, 3.05) is 13.2 Å². The fourth-order valence-corrected chi connectivity index (χ4v) is 0.821. The summed E-state index contributed by atoms with van der Waals surface area (Å²) in [4.78, 5) is 22.0. The second-order valence-corrected chi connectivity index (χ2v) is 2.63. The third kappa shape index (κ3) is 5.35. The molecule has 0 spiro atoms. The van der Waals surface area contributed by atoms with Crippen LogP contribution in [0.3, 0.4) is 0 Å². The normalized spacial score (nSPS) is 9.29. The highest BCUT2D eigenvalue weighted by atomic mass is 16.5. The summed E-state index contributed by atoms with van der Waals surface area (Å²) < 4.78 is 9.41. The molecule has 0 aliphatic carbocycles. The van der Waals surface area contributed by atoms with Gasteiger partial charge in [-0.25, -0.2) is 4.79 Å². The molecule has 80 valence electrons. The zero-order valence-electron chi connectivity index (χ0n) is 8.67. The molecule has 0 saturated carbocycles.